The first-order valence-electron chi connectivity index (χ1n) is 11.1. The summed E-state index contributed by atoms with van der Waals surface area (Å²) in [4.78, 5) is 27.4. The fourth-order valence-corrected chi connectivity index (χ4v) is 4.18. The maximum Gasteiger partial charge on any atom is 0.261 e. The molecule has 33 heavy (non-hydrogen) atoms. The first kappa shape index (κ1) is 22.4. The first-order valence-corrected chi connectivity index (χ1v) is 11.1. The average molecular weight is 445 g/mol. The number of benzene rings is 3. The highest BCUT2D eigenvalue weighted by Gasteiger charge is 2.28. The van der Waals surface area contributed by atoms with Crippen LogP contribution in [0.25, 0.3) is 0 Å². The third kappa shape index (κ3) is 5.34. The van der Waals surface area contributed by atoms with Gasteiger partial charge in [0.1, 0.15) is 11.5 Å². The van der Waals surface area contributed by atoms with E-state index in [0.717, 1.165) is 28.9 Å². The van der Waals surface area contributed by atoms with Crippen LogP contribution in [-0.2, 0) is 22.6 Å². The summed E-state index contributed by atoms with van der Waals surface area (Å²) in [6.07, 6.45) is 1.03. The molecule has 1 heterocycles. The standard InChI is InChI=1S/C27H28N2O4/c1-3-24(20-9-5-4-6-10-20)29-17-21-16-22(12-13-25(21)33-18-27(29)31)28-26(30)15-19-8-7-11-23(14-19)32-2/h4-14,16,24H,3,15,17-18H2,1-2H3,(H,28,30). The molecule has 0 spiro atoms. The highest BCUT2D eigenvalue weighted by molar-refractivity contribution is 5.92. The number of hydrogen-bond acceptors (Lipinski definition) is 4. The van der Waals surface area contributed by atoms with E-state index in [-0.39, 0.29) is 30.9 Å². The SMILES string of the molecule is CCC(c1ccccc1)N1Cc2cc(NC(=O)Cc3cccc(OC)c3)ccc2OCC1=O. The molecule has 0 saturated heterocycles. The zero-order valence-corrected chi connectivity index (χ0v) is 18.9. The van der Waals surface area contributed by atoms with Crippen molar-refractivity contribution in [2.75, 3.05) is 19.0 Å². The van der Waals surface area contributed by atoms with E-state index in [0.29, 0.717) is 18.0 Å². The van der Waals surface area contributed by atoms with Crippen molar-refractivity contribution in [3.05, 3.63) is 89.5 Å². The number of carbonyl (C=O) groups is 2. The average Bonchev–Trinajstić information content (AvgIpc) is 2.99. The van der Waals surface area contributed by atoms with E-state index < -0.39 is 0 Å². The molecule has 1 aliphatic heterocycles. The summed E-state index contributed by atoms with van der Waals surface area (Å²) in [6, 6.07) is 23.0. The van der Waals surface area contributed by atoms with Gasteiger partial charge >= 0.3 is 0 Å². The summed E-state index contributed by atoms with van der Waals surface area (Å²) < 4.78 is 11.0. The number of fused-ring (bicyclic) bond motifs is 1. The molecule has 1 atom stereocenters. The van der Waals surface area contributed by atoms with Crippen LogP contribution in [0.4, 0.5) is 5.69 Å². The normalized spacial score (nSPS) is 14.0. The molecule has 3 aromatic rings. The molecular weight excluding hydrogens is 416 g/mol. The monoisotopic (exact) mass is 444 g/mol. The van der Waals surface area contributed by atoms with Crippen LogP contribution >= 0.6 is 0 Å². The summed E-state index contributed by atoms with van der Waals surface area (Å²) in [6.45, 7) is 2.49. The Morgan fingerprint density at radius 3 is 2.67 bits per heavy atom. The van der Waals surface area contributed by atoms with Gasteiger partial charge in [-0.1, -0.05) is 49.4 Å². The molecular formula is C27H28N2O4. The van der Waals surface area contributed by atoms with E-state index in [9.17, 15) is 9.59 Å². The van der Waals surface area contributed by atoms with Gasteiger partial charge in [0, 0.05) is 11.3 Å². The lowest BCUT2D eigenvalue weighted by Gasteiger charge is -2.30. The summed E-state index contributed by atoms with van der Waals surface area (Å²) >= 11 is 0. The molecule has 6 heteroatoms. The Balaban J connectivity index is 1.51. The molecule has 1 N–H and O–H groups in total. The van der Waals surface area contributed by atoms with Gasteiger partial charge in [0.2, 0.25) is 5.91 Å². The van der Waals surface area contributed by atoms with Gasteiger partial charge in [-0.2, -0.15) is 0 Å². The van der Waals surface area contributed by atoms with E-state index in [4.69, 9.17) is 9.47 Å². The third-order valence-corrected chi connectivity index (χ3v) is 5.80. The lowest BCUT2D eigenvalue weighted by atomic mass is 10.0. The number of nitrogens with zero attached hydrogens (tertiary/aromatic N) is 1. The van der Waals surface area contributed by atoms with Crippen LogP contribution in [0.3, 0.4) is 0 Å². The topological polar surface area (TPSA) is 67.9 Å². The van der Waals surface area contributed by atoms with Crippen molar-refractivity contribution in [1.82, 2.24) is 4.90 Å². The minimum absolute atomic E-state index is 0.00210. The van der Waals surface area contributed by atoms with Crippen molar-refractivity contribution in [3.63, 3.8) is 0 Å². The van der Waals surface area contributed by atoms with E-state index >= 15 is 0 Å². The van der Waals surface area contributed by atoms with Crippen LogP contribution in [0.1, 0.15) is 36.1 Å². The fraction of sp³-hybridized carbons (Fsp3) is 0.259. The number of methoxy groups -OCH3 is 1. The van der Waals surface area contributed by atoms with Crippen molar-refractivity contribution < 1.29 is 19.1 Å². The van der Waals surface area contributed by atoms with Gasteiger partial charge in [-0.15, -0.1) is 0 Å². The fourth-order valence-electron chi connectivity index (χ4n) is 4.18. The van der Waals surface area contributed by atoms with Gasteiger partial charge in [-0.05, 0) is 47.9 Å². The van der Waals surface area contributed by atoms with Gasteiger partial charge in [0.25, 0.3) is 5.91 Å². The zero-order valence-electron chi connectivity index (χ0n) is 18.9. The zero-order chi connectivity index (χ0) is 23.2. The number of anilines is 1. The predicted octanol–water partition coefficient (Wildman–Crippen LogP) is 4.75. The van der Waals surface area contributed by atoms with E-state index in [1.807, 2.05) is 71.6 Å². The second-order valence-corrected chi connectivity index (χ2v) is 8.04. The quantitative estimate of drug-likeness (QED) is 0.571. The van der Waals surface area contributed by atoms with Crippen LogP contribution in [0.15, 0.2) is 72.8 Å². The molecule has 1 aliphatic rings. The highest BCUT2D eigenvalue weighted by atomic mass is 16.5. The second kappa shape index (κ2) is 10.2. The van der Waals surface area contributed by atoms with Crippen molar-refractivity contribution in [1.29, 1.82) is 0 Å². The molecule has 0 saturated carbocycles. The van der Waals surface area contributed by atoms with Crippen LogP contribution in [0.2, 0.25) is 0 Å². The van der Waals surface area contributed by atoms with Gasteiger partial charge in [0.15, 0.2) is 6.61 Å². The molecule has 0 bridgehead atoms. The molecule has 1 unspecified atom stereocenters. The Kier molecular flexibility index (Phi) is 6.93. The number of rotatable bonds is 7. The molecule has 3 aromatic carbocycles. The van der Waals surface area contributed by atoms with Crippen LogP contribution < -0.4 is 14.8 Å². The van der Waals surface area contributed by atoms with Crippen molar-refractivity contribution >= 4 is 17.5 Å². The Morgan fingerprint density at radius 2 is 1.91 bits per heavy atom. The molecule has 170 valence electrons. The Hall–Kier alpha value is -3.80. The summed E-state index contributed by atoms with van der Waals surface area (Å²) in [5, 5.41) is 2.96. The lowest BCUT2D eigenvalue weighted by molar-refractivity contribution is -0.136. The van der Waals surface area contributed by atoms with Gasteiger partial charge in [0.05, 0.1) is 26.1 Å². The summed E-state index contributed by atoms with van der Waals surface area (Å²) in [5.74, 6) is 1.21. The Morgan fingerprint density at radius 1 is 1.09 bits per heavy atom. The van der Waals surface area contributed by atoms with Crippen molar-refractivity contribution in [3.8, 4) is 11.5 Å². The molecule has 0 radical (unpaired) electrons. The Bertz CT molecular complexity index is 1130. The van der Waals surface area contributed by atoms with Crippen LogP contribution in [0.5, 0.6) is 11.5 Å². The summed E-state index contributed by atoms with van der Waals surface area (Å²) in [5.41, 5.74) is 3.51. The second-order valence-electron chi connectivity index (χ2n) is 8.04. The Labute approximate surface area is 194 Å². The van der Waals surface area contributed by atoms with Gasteiger partial charge in [-0.3, -0.25) is 9.59 Å². The highest BCUT2D eigenvalue weighted by Crippen LogP contribution is 2.32. The largest absolute Gasteiger partial charge is 0.497 e. The van der Waals surface area contributed by atoms with Crippen molar-refractivity contribution in [2.24, 2.45) is 0 Å². The summed E-state index contributed by atoms with van der Waals surface area (Å²) in [7, 11) is 1.60. The maximum atomic E-state index is 12.9. The number of hydrogen-bond donors (Lipinski definition) is 1. The van der Waals surface area contributed by atoms with Crippen LogP contribution in [-0.4, -0.2) is 30.4 Å². The van der Waals surface area contributed by atoms with Gasteiger partial charge < -0.3 is 19.7 Å². The lowest BCUT2D eigenvalue weighted by Crippen LogP contribution is -2.35. The van der Waals surface area contributed by atoms with Gasteiger partial charge in [-0.25, -0.2) is 0 Å². The molecule has 2 amide bonds. The minimum Gasteiger partial charge on any atom is -0.497 e. The third-order valence-electron chi connectivity index (χ3n) is 5.80. The number of ether oxygens (including phenoxy) is 2. The van der Waals surface area contributed by atoms with E-state index in [1.54, 1.807) is 13.2 Å². The molecule has 0 aliphatic carbocycles. The molecule has 0 fully saturated rings. The molecule has 0 aromatic heterocycles. The van der Waals surface area contributed by atoms with E-state index in [1.165, 1.54) is 0 Å². The van der Waals surface area contributed by atoms with Crippen molar-refractivity contribution in [2.45, 2.75) is 32.4 Å². The molecule has 4 rings (SSSR count). The van der Waals surface area contributed by atoms with Crippen LogP contribution in [0, 0.1) is 0 Å². The number of nitrogens with one attached hydrogen (secondary N) is 1. The molecule has 6 nitrogen and oxygen atoms in total. The minimum atomic E-state index is -0.124. The number of amides is 2. The predicted molar refractivity (Wildman–Crippen MR) is 127 cm³/mol. The van der Waals surface area contributed by atoms with E-state index in [2.05, 4.69) is 12.2 Å². The number of carbonyl (C=O) groups excluding carboxylic acids is 2. The first-order chi connectivity index (χ1) is 16.1. The maximum absolute atomic E-state index is 12.9. The smallest absolute Gasteiger partial charge is 0.261 e.